The van der Waals surface area contributed by atoms with Crippen LogP contribution in [0.25, 0.3) is 11.8 Å². The predicted octanol–water partition coefficient (Wildman–Crippen LogP) is 5.83. The van der Waals surface area contributed by atoms with Crippen molar-refractivity contribution in [3.05, 3.63) is 125 Å². The molecule has 0 bridgehead atoms. The molecule has 5 rings (SSSR count). The molecule has 0 saturated heterocycles. The minimum absolute atomic E-state index is 0.209. The monoisotopic (exact) mass is 616 g/mol. The average Bonchev–Trinajstić information content (AvgIpc) is 3.27. The van der Waals surface area contributed by atoms with Gasteiger partial charge in [-0.2, -0.15) is 0 Å². The second-order valence-electron chi connectivity index (χ2n) is 9.65. The van der Waals surface area contributed by atoms with E-state index < -0.39 is 12.0 Å². The van der Waals surface area contributed by atoms with Gasteiger partial charge < -0.3 is 9.47 Å². The molecule has 8 heteroatoms. The Morgan fingerprint density at radius 3 is 2.45 bits per heavy atom. The van der Waals surface area contributed by atoms with Crippen molar-refractivity contribution in [3.63, 3.8) is 0 Å². The third kappa shape index (κ3) is 5.33. The molecule has 1 atom stereocenters. The molecule has 0 fully saturated rings. The third-order valence-corrected chi connectivity index (χ3v) is 8.37. The molecule has 0 saturated carbocycles. The summed E-state index contributed by atoms with van der Waals surface area (Å²) in [5.74, 6) is 0.561. The molecule has 4 aromatic rings. The van der Waals surface area contributed by atoms with Gasteiger partial charge in [0, 0.05) is 5.56 Å². The van der Waals surface area contributed by atoms with E-state index >= 15 is 0 Å². The quantitative estimate of drug-likeness (QED) is 0.245. The van der Waals surface area contributed by atoms with Gasteiger partial charge in [-0.1, -0.05) is 85.8 Å². The van der Waals surface area contributed by atoms with Gasteiger partial charge in [0.2, 0.25) is 0 Å². The number of ether oxygens (including phenoxy) is 2. The van der Waals surface area contributed by atoms with E-state index in [4.69, 9.17) is 14.5 Å². The van der Waals surface area contributed by atoms with Crippen molar-refractivity contribution in [1.82, 2.24) is 4.57 Å². The lowest BCUT2D eigenvalue weighted by Gasteiger charge is -2.26. The fraction of sp³-hybridized carbons (Fsp3) is 0.219. The van der Waals surface area contributed by atoms with Crippen molar-refractivity contribution < 1.29 is 14.3 Å². The fourth-order valence-electron chi connectivity index (χ4n) is 4.74. The molecule has 0 aliphatic carbocycles. The number of hydrogen-bond acceptors (Lipinski definition) is 6. The highest BCUT2D eigenvalue weighted by Crippen LogP contribution is 2.35. The minimum Gasteiger partial charge on any atom is -0.496 e. The Morgan fingerprint density at radius 1 is 1.10 bits per heavy atom. The molecule has 40 heavy (non-hydrogen) atoms. The number of hydrogen-bond donors (Lipinski definition) is 0. The Hall–Kier alpha value is -3.75. The Bertz CT molecular complexity index is 1770. The van der Waals surface area contributed by atoms with Crippen molar-refractivity contribution in [2.24, 2.45) is 4.99 Å². The van der Waals surface area contributed by atoms with Crippen molar-refractivity contribution in [2.75, 3.05) is 13.7 Å². The molecule has 204 valence electrons. The molecule has 3 aromatic carbocycles. The van der Waals surface area contributed by atoms with Crippen molar-refractivity contribution in [1.29, 1.82) is 0 Å². The summed E-state index contributed by atoms with van der Waals surface area (Å²) in [7, 11) is 1.61. The first-order valence-corrected chi connectivity index (χ1v) is 14.6. The van der Waals surface area contributed by atoms with Crippen molar-refractivity contribution >= 4 is 45.0 Å². The standard InChI is InChI=1S/C32H29BrN2O4S/c1-5-39-31(37)27-28(22-9-7-6-8-10-22)34-32-35(29(27)23-14-12-21(13-15-23)19(2)3)30(36)26(40-32)18-20-11-16-25(38-4)24(33)17-20/h6-19,29H,5H2,1-4H3/b26-18-/t29-/m1/s1. The van der Waals surface area contributed by atoms with Crippen LogP contribution < -0.4 is 19.6 Å². The average molecular weight is 618 g/mol. The summed E-state index contributed by atoms with van der Waals surface area (Å²) in [6.45, 7) is 6.25. The lowest BCUT2D eigenvalue weighted by molar-refractivity contribution is -0.138. The fourth-order valence-corrected chi connectivity index (χ4v) is 6.30. The Morgan fingerprint density at radius 2 is 1.82 bits per heavy atom. The van der Waals surface area contributed by atoms with Crippen molar-refractivity contribution in [2.45, 2.75) is 32.7 Å². The molecule has 2 heterocycles. The summed E-state index contributed by atoms with van der Waals surface area (Å²) < 4.78 is 13.8. The molecule has 0 radical (unpaired) electrons. The van der Waals surface area contributed by atoms with Gasteiger partial charge in [-0.15, -0.1) is 0 Å². The molecule has 1 aromatic heterocycles. The van der Waals surface area contributed by atoms with Gasteiger partial charge in [0.1, 0.15) is 5.75 Å². The van der Waals surface area contributed by atoms with Gasteiger partial charge in [-0.05, 0) is 63.7 Å². The number of fused-ring (bicyclic) bond motifs is 1. The zero-order valence-corrected chi connectivity index (χ0v) is 25.1. The zero-order chi connectivity index (χ0) is 28.4. The van der Waals surface area contributed by atoms with Gasteiger partial charge in [0.25, 0.3) is 5.56 Å². The van der Waals surface area contributed by atoms with Crippen LogP contribution in [0.1, 0.15) is 55.0 Å². The number of aromatic nitrogens is 1. The maximum absolute atomic E-state index is 14.0. The molecule has 0 amide bonds. The molecular weight excluding hydrogens is 588 g/mol. The van der Waals surface area contributed by atoms with Gasteiger partial charge in [0.05, 0.1) is 40.0 Å². The third-order valence-electron chi connectivity index (χ3n) is 6.77. The first-order valence-electron chi connectivity index (χ1n) is 13.0. The van der Waals surface area contributed by atoms with Crippen LogP contribution in [0.15, 0.2) is 92.6 Å². The molecule has 1 aliphatic rings. The van der Waals surface area contributed by atoms with Crippen LogP contribution in [0.5, 0.6) is 5.75 Å². The van der Waals surface area contributed by atoms with Crippen LogP contribution in [0.2, 0.25) is 0 Å². The van der Waals surface area contributed by atoms with E-state index in [2.05, 4.69) is 41.9 Å². The largest absolute Gasteiger partial charge is 0.496 e. The second kappa shape index (κ2) is 11.8. The normalized spacial score (nSPS) is 15.2. The lowest BCUT2D eigenvalue weighted by Crippen LogP contribution is -2.40. The van der Waals surface area contributed by atoms with Crippen LogP contribution in [-0.4, -0.2) is 24.3 Å². The van der Waals surface area contributed by atoms with Gasteiger partial charge in [-0.3, -0.25) is 9.36 Å². The van der Waals surface area contributed by atoms with E-state index in [1.165, 1.54) is 16.9 Å². The Kier molecular flexibility index (Phi) is 8.19. The first-order chi connectivity index (χ1) is 19.3. The summed E-state index contributed by atoms with van der Waals surface area (Å²) in [5.41, 5.74) is 4.24. The van der Waals surface area contributed by atoms with E-state index in [0.717, 1.165) is 21.2 Å². The summed E-state index contributed by atoms with van der Waals surface area (Å²) in [5, 5.41) is 0. The van der Waals surface area contributed by atoms with E-state index in [1.807, 2.05) is 66.7 Å². The maximum Gasteiger partial charge on any atom is 0.338 e. The lowest BCUT2D eigenvalue weighted by atomic mass is 9.91. The second-order valence-corrected chi connectivity index (χ2v) is 11.5. The number of carbonyl (C=O) groups excluding carboxylic acids is 1. The Labute approximate surface area is 245 Å². The highest BCUT2D eigenvalue weighted by Gasteiger charge is 2.35. The number of rotatable bonds is 7. The number of benzene rings is 3. The maximum atomic E-state index is 14.0. The first kappa shape index (κ1) is 27.8. The molecule has 6 nitrogen and oxygen atoms in total. The molecule has 0 unspecified atom stereocenters. The molecule has 0 spiro atoms. The van der Waals surface area contributed by atoms with Crippen LogP contribution in [0.3, 0.4) is 0 Å². The van der Waals surface area contributed by atoms with Crippen LogP contribution in [0, 0.1) is 0 Å². The summed E-state index contributed by atoms with van der Waals surface area (Å²) in [6.07, 6.45) is 1.84. The molecule has 0 N–H and O–H groups in total. The van der Waals surface area contributed by atoms with Crippen LogP contribution in [-0.2, 0) is 9.53 Å². The minimum atomic E-state index is -0.698. The van der Waals surface area contributed by atoms with E-state index in [0.29, 0.717) is 32.3 Å². The van der Waals surface area contributed by atoms with Crippen LogP contribution >= 0.6 is 27.3 Å². The summed E-state index contributed by atoms with van der Waals surface area (Å²) in [4.78, 5) is 33.0. The Balaban J connectivity index is 1.79. The number of nitrogens with zero attached hydrogens (tertiary/aromatic N) is 2. The smallest absolute Gasteiger partial charge is 0.338 e. The van der Waals surface area contributed by atoms with Gasteiger partial charge >= 0.3 is 5.97 Å². The summed E-state index contributed by atoms with van der Waals surface area (Å²) >= 11 is 4.82. The number of methoxy groups -OCH3 is 1. The highest BCUT2D eigenvalue weighted by atomic mass is 79.9. The van der Waals surface area contributed by atoms with Gasteiger partial charge in [-0.25, -0.2) is 9.79 Å². The predicted molar refractivity (Wildman–Crippen MR) is 162 cm³/mol. The highest BCUT2D eigenvalue weighted by molar-refractivity contribution is 9.10. The van der Waals surface area contributed by atoms with Gasteiger partial charge in [0.15, 0.2) is 4.80 Å². The van der Waals surface area contributed by atoms with Crippen molar-refractivity contribution in [3.8, 4) is 5.75 Å². The summed E-state index contributed by atoms with van der Waals surface area (Å²) in [6, 6.07) is 22.6. The van der Waals surface area contributed by atoms with E-state index in [9.17, 15) is 9.59 Å². The number of esters is 1. The SMILES string of the molecule is CCOC(=O)C1=C(c2ccccc2)N=c2s/c(=C\c3ccc(OC)c(Br)c3)c(=O)n2[C@@H]1c1ccc(C(C)C)cc1. The molecule has 1 aliphatic heterocycles. The number of thiazole rings is 1. The zero-order valence-electron chi connectivity index (χ0n) is 22.7. The van der Waals surface area contributed by atoms with E-state index in [1.54, 1.807) is 18.6 Å². The molecular formula is C32H29BrN2O4S. The van der Waals surface area contributed by atoms with E-state index in [-0.39, 0.29) is 12.2 Å². The number of halogens is 1. The topological polar surface area (TPSA) is 69.9 Å². The van der Waals surface area contributed by atoms with Crippen LogP contribution in [0.4, 0.5) is 0 Å². The number of carbonyl (C=O) groups is 1.